The molecular weight excluding hydrogens is 382 g/mol. The minimum atomic E-state index is -0.207. The third-order valence-electron chi connectivity index (χ3n) is 3.99. The van der Waals surface area contributed by atoms with E-state index in [2.05, 4.69) is 22.5 Å². The minimum absolute atomic E-state index is 0.0652. The smallest absolute Gasteiger partial charge is 0.251 e. The fourth-order valence-electron chi connectivity index (χ4n) is 2.55. The van der Waals surface area contributed by atoms with Crippen LogP contribution in [-0.2, 0) is 9.53 Å². The zero-order valence-electron chi connectivity index (χ0n) is 17.5. The van der Waals surface area contributed by atoms with Gasteiger partial charge in [0.1, 0.15) is 12.4 Å². The van der Waals surface area contributed by atoms with E-state index in [0.717, 1.165) is 12.0 Å². The third kappa shape index (κ3) is 8.36. The van der Waals surface area contributed by atoms with Crippen molar-refractivity contribution in [2.75, 3.05) is 44.0 Å². The largest absolute Gasteiger partial charge is 0.489 e. The molecule has 2 amide bonds. The Bertz CT molecular complexity index is 867. The summed E-state index contributed by atoms with van der Waals surface area (Å²) in [6, 6.07) is 14.2. The zero-order chi connectivity index (χ0) is 21.8. The number of hydrogen-bond acceptors (Lipinski definition) is 5. The summed E-state index contributed by atoms with van der Waals surface area (Å²) in [5.74, 6) is 0.292. The lowest BCUT2D eigenvalue weighted by Gasteiger charge is -2.11. The molecule has 0 aliphatic carbocycles. The van der Waals surface area contributed by atoms with Gasteiger partial charge in [-0.15, -0.1) is 0 Å². The predicted molar refractivity (Wildman–Crippen MR) is 119 cm³/mol. The van der Waals surface area contributed by atoms with Crippen LogP contribution in [-0.4, -0.2) is 45.2 Å². The molecule has 0 atom stereocenters. The molecule has 7 nitrogen and oxygen atoms in total. The molecule has 0 bridgehead atoms. The summed E-state index contributed by atoms with van der Waals surface area (Å²) in [6.07, 6.45) is 0.750. The molecule has 0 fully saturated rings. The van der Waals surface area contributed by atoms with E-state index >= 15 is 0 Å². The van der Waals surface area contributed by atoms with Gasteiger partial charge in [-0.1, -0.05) is 18.7 Å². The summed E-state index contributed by atoms with van der Waals surface area (Å²) in [5.41, 5.74) is 2.78. The van der Waals surface area contributed by atoms with Crippen LogP contribution in [0.3, 0.4) is 0 Å². The van der Waals surface area contributed by atoms with Gasteiger partial charge in [-0.3, -0.25) is 9.59 Å². The topological polar surface area (TPSA) is 88.7 Å². The average Bonchev–Trinajstić information content (AvgIpc) is 2.74. The van der Waals surface area contributed by atoms with Crippen molar-refractivity contribution in [1.82, 2.24) is 5.32 Å². The fraction of sp³-hybridized carbons (Fsp3) is 0.304. The molecule has 2 aromatic carbocycles. The second-order valence-electron chi connectivity index (χ2n) is 6.86. The van der Waals surface area contributed by atoms with Gasteiger partial charge in [-0.05, 0) is 49.2 Å². The highest BCUT2D eigenvalue weighted by atomic mass is 16.5. The van der Waals surface area contributed by atoms with Crippen LogP contribution in [0, 0.1) is 0 Å². The molecule has 0 heterocycles. The van der Waals surface area contributed by atoms with Gasteiger partial charge in [-0.25, -0.2) is 0 Å². The summed E-state index contributed by atoms with van der Waals surface area (Å²) in [4.78, 5) is 24.5. The molecule has 0 aliphatic heterocycles. The Hall–Kier alpha value is -3.32. The Balaban J connectivity index is 1.84. The molecule has 30 heavy (non-hydrogen) atoms. The molecule has 2 aromatic rings. The van der Waals surface area contributed by atoms with Gasteiger partial charge in [0.25, 0.3) is 5.91 Å². The van der Waals surface area contributed by atoms with Crippen LogP contribution >= 0.6 is 0 Å². The summed E-state index contributed by atoms with van der Waals surface area (Å²) in [5, 5.41) is 8.70. The quantitative estimate of drug-likeness (QED) is 0.368. The van der Waals surface area contributed by atoms with E-state index in [1.807, 2.05) is 19.1 Å². The predicted octanol–water partition coefficient (Wildman–Crippen LogP) is 3.46. The minimum Gasteiger partial charge on any atom is -0.489 e. The second-order valence-corrected chi connectivity index (χ2v) is 6.86. The summed E-state index contributed by atoms with van der Waals surface area (Å²) < 4.78 is 10.5. The number of carbonyl (C=O) groups is 2. The van der Waals surface area contributed by atoms with E-state index in [1.165, 1.54) is 0 Å². The van der Waals surface area contributed by atoms with Gasteiger partial charge in [0.2, 0.25) is 5.91 Å². The van der Waals surface area contributed by atoms with Crippen molar-refractivity contribution in [3.63, 3.8) is 0 Å². The first-order chi connectivity index (χ1) is 14.5. The van der Waals surface area contributed by atoms with Crippen molar-refractivity contribution in [3.8, 4) is 5.75 Å². The van der Waals surface area contributed by atoms with Gasteiger partial charge in [-0.2, -0.15) is 0 Å². The first-order valence-corrected chi connectivity index (χ1v) is 9.76. The highest BCUT2D eigenvalue weighted by Crippen LogP contribution is 2.18. The van der Waals surface area contributed by atoms with E-state index < -0.39 is 0 Å². The summed E-state index contributed by atoms with van der Waals surface area (Å²) >= 11 is 0. The molecule has 0 radical (unpaired) electrons. The van der Waals surface area contributed by atoms with Crippen molar-refractivity contribution >= 4 is 23.2 Å². The Labute approximate surface area is 177 Å². The first-order valence-electron chi connectivity index (χ1n) is 9.76. The van der Waals surface area contributed by atoms with Gasteiger partial charge in [0.05, 0.1) is 6.54 Å². The molecule has 2 rings (SSSR count). The van der Waals surface area contributed by atoms with Crippen LogP contribution in [0.5, 0.6) is 5.75 Å². The first kappa shape index (κ1) is 23.0. The van der Waals surface area contributed by atoms with Gasteiger partial charge in [0.15, 0.2) is 0 Å². The van der Waals surface area contributed by atoms with Crippen LogP contribution < -0.4 is 20.7 Å². The number of benzene rings is 2. The van der Waals surface area contributed by atoms with Crippen LogP contribution in [0.15, 0.2) is 60.7 Å². The molecule has 0 aromatic heterocycles. The number of amides is 2. The van der Waals surface area contributed by atoms with E-state index in [4.69, 9.17) is 9.47 Å². The molecule has 0 aliphatic rings. The van der Waals surface area contributed by atoms with Gasteiger partial charge < -0.3 is 25.4 Å². The Kier molecular flexibility index (Phi) is 9.40. The monoisotopic (exact) mass is 411 g/mol. The average molecular weight is 412 g/mol. The number of nitrogens with one attached hydrogen (secondary N) is 3. The maximum absolute atomic E-state index is 12.3. The van der Waals surface area contributed by atoms with Crippen LogP contribution in [0.1, 0.15) is 23.7 Å². The van der Waals surface area contributed by atoms with E-state index in [9.17, 15) is 9.59 Å². The maximum Gasteiger partial charge on any atom is 0.251 e. The molecule has 0 spiro atoms. The van der Waals surface area contributed by atoms with Crippen molar-refractivity contribution in [2.45, 2.75) is 13.3 Å². The Morgan fingerprint density at radius 1 is 1.07 bits per heavy atom. The molecule has 0 saturated heterocycles. The van der Waals surface area contributed by atoms with E-state index in [-0.39, 0.29) is 18.4 Å². The second kappa shape index (κ2) is 12.3. The molecule has 0 unspecified atom stereocenters. The number of hydrogen-bond donors (Lipinski definition) is 3. The molecule has 160 valence electrons. The van der Waals surface area contributed by atoms with Crippen molar-refractivity contribution in [3.05, 3.63) is 66.2 Å². The lowest BCUT2D eigenvalue weighted by atomic mass is 10.2. The number of rotatable bonds is 12. The third-order valence-corrected chi connectivity index (χ3v) is 3.99. The van der Waals surface area contributed by atoms with Crippen molar-refractivity contribution < 1.29 is 19.1 Å². The number of ether oxygens (including phenoxy) is 2. The Morgan fingerprint density at radius 2 is 1.83 bits per heavy atom. The lowest BCUT2D eigenvalue weighted by Crippen LogP contribution is -2.25. The molecule has 3 N–H and O–H groups in total. The highest BCUT2D eigenvalue weighted by Gasteiger charge is 2.07. The zero-order valence-corrected chi connectivity index (χ0v) is 17.5. The van der Waals surface area contributed by atoms with Crippen LogP contribution in [0.2, 0.25) is 0 Å². The summed E-state index contributed by atoms with van der Waals surface area (Å²) in [6.45, 7) is 7.32. The fourth-order valence-corrected chi connectivity index (χ4v) is 2.55. The Morgan fingerprint density at radius 3 is 2.60 bits per heavy atom. The number of carbonyl (C=O) groups excluding carboxylic acids is 2. The van der Waals surface area contributed by atoms with E-state index in [0.29, 0.717) is 42.4 Å². The number of methoxy groups -OCH3 is 1. The molecular formula is C23H29N3O4. The van der Waals surface area contributed by atoms with Crippen molar-refractivity contribution in [2.24, 2.45) is 0 Å². The molecule has 0 saturated carbocycles. The SMILES string of the molecule is C=C(C)COc1cccc(NC(=O)CNc2cccc(C(=O)NCCCOC)c2)c1. The normalized spacial score (nSPS) is 10.2. The van der Waals surface area contributed by atoms with Crippen molar-refractivity contribution in [1.29, 1.82) is 0 Å². The van der Waals surface area contributed by atoms with E-state index in [1.54, 1.807) is 43.5 Å². The molecule has 7 heteroatoms. The number of anilines is 2. The standard InChI is InChI=1S/C23H29N3O4/c1-17(2)16-30-21-10-5-9-20(14-21)26-22(27)15-25-19-8-4-7-18(13-19)23(28)24-11-6-12-29-3/h4-5,7-10,13-14,25H,1,6,11-12,15-16H2,2-3H3,(H,24,28)(H,26,27). The van der Waals surface area contributed by atoms with Crippen LogP contribution in [0.25, 0.3) is 0 Å². The maximum atomic E-state index is 12.3. The van der Waals surface area contributed by atoms with Gasteiger partial charge >= 0.3 is 0 Å². The van der Waals surface area contributed by atoms with Gasteiger partial charge in [0, 0.05) is 43.3 Å². The lowest BCUT2D eigenvalue weighted by molar-refractivity contribution is -0.114. The highest BCUT2D eigenvalue weighted by molar-refractivity contribution is 5.96. The summed E-state index contributed by atoms with van der Waals surface area (Å²) in [7, 11) is 1.63. The van der Waals surface area contributed by atoms with Crippen LogP contribution in [0.4, 0.5) is 11.4 Å².